The molecule has 9 heteroatoms. The molecule has 3 rings (SSSR count). The highest BCUT2D eigenvalue weighted by molar-refractivity contribution is 7.89. The maximum atomic E-state index is 13.9. The second-order valence-electron chi connectivity index (χ2n) is 5.72. The highest BCUT2D eigenvalue weighted by Gasteiger charge is 2.33. The van der Waals surface area contributed by atoms with Crippen LogP contribution in [0.5, 0.6) is 0 Å². The molecule has 26 heavy (non-hydrogen) atoms. The number of hydrogen-bond acceptors (Lipinski definition) is 3. The SMILES string of the molecule is O=C(c1c(F)cccc1Cl)N1CCN(S(=O)(=O)c2ccccc2F)CC1. The molecule has 0 N–H and O–H groups in total. The zero-order valence-corrected chi connectivity index (χ0v) is 15.1. The molecule has 1 aliphatic rings. The van der Waals surface area contributed by atoms with Gasteiger partial charge in [-0.25, -0.2) is 17.2 Å². The van der Waals surface area contributed by atoms with Crippen molar-refractivity contribution in [2.75, 3.05) is 26.2 Å². The number of carbonyl (C=O) groups is 1. The van der Waals surface area contributed by atoms with Gasteiger partial charge in [0, 0.05) is 26.2 Å². The van der Waals surface area contributed by atoms with Crippen molar-refractivity contribution >= 4 is 27.5 Å². The summed E-state index contributed by atoms with van der Waals surface area (Å²) in [4.78, 5) is 13.4. The van der Waals surface area contributed by atoms with Crippen LogP contribution in [0, 0.1) is 11.6 Å². The van der Waals surface area contributed by atoms with Crippen molar-refractivity contribution in [2.24, 2.45) is 0 Å². The second-order valence-corrected chi connectivity index (χ2v) is 8.04. The summed E-state index contributed by atoms with van der Waals surface area (Å²) in [6, 6.07) is 9.06. The first-order valence-corrected chi connectivity index (χ1v) is 9.62. The molecular weight excluding hydrogens is 386 g/mol. The molecule has 0 saturated carbocycles. The molecule has 1 fully saturated rings. The Balaban J connectivity index is 1.75. The van der Waals surface area contributed by atoms with Crippen molar-refractivity contribution in [1.82, 2.24) is 9.21 Å². The maximum absolute atomic E-state index is 13.9. The van der Waals surface area contributed by atoms with Crippen LogP contribution in [0.4, 0.5) is 8.78 Å². The fraction of sp³-hybridized carbons (Fsp3) is 0.235. The lowest BCUT2D eigenvalue weighted by Crippen LogP contribution is -2.50. The average molecular weight is 401 g/mol. The van der Waals surface area contributed by atoms with Crippen LogP contribution in [0.25, 0.3) is 0 Å². The van der Waals surface area contributed by atoms with Gasteiger partial charge in [0.25, 0.3) is 5.91 Å². The number of rotatable bonds is 3. The molecule has 0 unspecified atom stereocenters. The molecule has 0 aromatic heterocycles. The van der Waals surface area contributed by atoms with Crippen molar-refractivity contribution < 1.29 is 22.0 Å². The van der Waals surface area contributed by atoms with Crippen LogP contribution in [-0.2, 0) is 10.0 Å². The van der Waals surface area contributed by atoms with Gasteiger partial charge in [0.1, 0.15) is 16.5 Å². The number of nitrogens with zero attached hydrogens (tertiary/aromatic N) is 2. The van der Waals surface area contributed by atoms with Gasteiger partial charge in [-0.05, 0) is 24.3 Å². The fourth-order valence-electron chi connectivity index (χ4n) is 2.78. The van der Waals surface area contributed by atoms with Gasteiger partial charge in [0.05, 0.1) is 10.6 Å². The molecule has 0 spiro atoms. The number of hydrogen-bond donors (Lipinski definition) is 0. The zero-order valence-electron chi connectivity index (χ0n) is 13.5. The van der Waals surface area contributed by atoms with Crippen molar-refractivity contribution in [3.05, 3.63) is 64.7 Å². The Hall–Kier alpha value is -2.03. The van der Waals surface area contributed by atoms with E-state index in [1.54, 1.807) is 0 Å². The largest absolute Gasteiger partial charge is 0.336 e. The normalized spacial score (nSPS) is 15.9. The Morgan fingerprint density at radius 3 is 2.15 bits per heavy atom. The van der Waals surface area contributed by atoms with Crippen LogP contribution in [0.15, 0.2) is 47.4 Å². The van der Waals surface area contributed by atoms with E-state index in [0.29, 0.717) is 0 Å². The van der Waals surface area contributed by atoms with Crippen LogP contribution in [0.1, 0.15) is 10.4 Å². The minimum absolute atomic E-state index is 0.00333. The predicted octanol–water partition coefficient (Wildman–Crippen LogP) is 2.76. The first-order valence-electron chi connectivity index (χ1n) is 7.80. The summed E-state index contributed by atoms with van der Waals surface area (Å²) in [6.45, 7) is 0.0668. The van der Waals surface area contributed by atoms with Crippen molar-refractivity contribution in [3.8, 4) is 0 Å². The average Bonchev–Trinajstić information content (AvgIpc) is 2.62. The number of halogens is 3. The van der Waals surface area contributed by atoms with Crippen LogP contribution in [-0.4, -0.2) is 49.7 Å². The third-order valence-electron chi connectivity index (χ3n) is 4.16. The fourth-order valence-corrected chi connectivity index (χ4v) is 4.52. The van der Waals surface area contributed by atoms with Crippen LogP contribution in [0.3, 0.4) is 0 Å². The Bertz CT molecular complexity index is 925. The van der Waals surface area contributed by atoms with Gasteiger partial charge in [-0.2, -0.15) is 4.31 Å². The Morgan fingerprint density at radius 1 is 0.923 bits per heavy atom. The van der Waals surface area contributed by atoms with E-state index in [1.165, 1.54) is 35.2 Å². The molecular formula is C17H15ClF2N2O3S. The third-order valence-corrected chi connectivity index (χ3v) is 6.40. The molecule has 1 aliphatic heterocycles. The molecule has 0 bridgehead atoms. The monoisotopic (exact) mass is 400 g/mol. The lowest BCUT2D eigenvalue weighted by atomic mass is 10.1. The summed E-state index contributed by atoms with van der Waals surface area (Å²) >= 11 is 5.91. The topological polar surface area (TPSA) is 57.7 Å². The summed E-state index contributed by atoms with van der Waals surface area (Å²) in [7, 11) is -4.00. The molecule has 2 aromatic rings. The van der Waals surface area contributed by atoms with Gasteiger partial charge < -0.3 is 4.90 Å². The standard InChI is InChI=1S/C17H15ClF2N2O3S/c18-12-4-3-6-14(20)16(12)17(23)21-8-10-22(11-9-21)26(24,25)15-7-2-1-5-13(15)19/h1-7H,8-11H2. The van der Waals surface area contributed by atoms with E-state index >= 15 is 0 Å². The van der Waals surface area contributed by atoms with E-state index in [0.717, 1.165) is 16.4 Å². The van der Waals surface area contributed by atoms with Gasteiger partial charge in [-0.1, -0.05) is 29.8 Å². The quantitative estimate of drug-likeness (QED) is 0.796. The Labute approximate surface area is 154 Å². The van der Waals surface area contributed by atoms with Crippen molar-refractivity contribution in [2.45, 2.75) is 4.90 Å². The van der Waals surface area contributed by atoms with Gasteiger partial charge in [0.15, 0.2) is 0 Å². The molecule has 5 nitrogen and oxygen atoms in total. The molecule has 1 heterocycles. The number of piperazine rings is 1. The maximum Gasteiger partial charge on any atom is 0.258 e. The van der Waals surface area contributed by atoms with Gasteiger partial charge in [0.2, 0.25) is 10.0 Å². The number of benzene rings is 2. The molecule has 1 amide bonds. The highest BCUT2D eigenvalue weighted by Crippen LogP contribution is 2.24. The summed E-state index contributed by atoms with van der Waals surface area (Å²) in [5.74, 6) is -2.16. The van der Waals surface area contributed by atoms with Crippen molar-refractivity contribution in [3.63, 3.8) is 0 Å². The number of carbonyl (C=O) groups excluding carboxylic acids is 1. The summed E-state index contributed by atoms with van der Waals surface area (Å²) < 4.78 is 54.0. The minimum atomic E-state index is -4.00. The van der Waals surface area contributed by atoms with Crippen molar-refractivity contribution in [1.29, 1.82) is 0 Å². The van der Waals surface area contributed by atoms with Gasteiger partial charge >= 0.3 is 0 Å². The molecule has 0 aliphatic carbocycles. The smallest absolute Gasteiger partial charge is 0.258 e. The summed E-state index contributed by atoms with van der Waals surface area (Å²) in [5.41, 5.74) is -0.237. The molecule has 138 valence electrons. The summed E-state index contributed by atoms with van der Waals surface area (Å²) in [5, 5.41) is -0.00333. The second kappa shape index (κ2) is 7.30. The van der Waals surface area contributed by atoms with E-state index in [4.69, 9.17) is 11.6 Å². The van der Waals surface area contributed by atoms with Crippen LogP contribution >= 0.6 is 11.6 Å². The highest BCUT2D eigenvalue weighted by atomic mass is 35.5. The van der Waals surface area contributed by atoms with E-state index in [9.17, 15) is 22.0 Å². The molecule has 0 atom stereocenters. The summed E-state index contributed by atoms with van der Waals surface area (Å²) in [6.07, 6.45) is 0. The van der Waals surface area contributed by atoms with E-state index in [1.807, 2.05) is 0 Å². The lowest BCUT2D eigenvalue weighted by Gasteiger charge is -2.34. The van der Waals surface area contributed by atoms with E-state index < -0.39 is 32.5 Å². The first kappa shape index (κ1) is 18.8. The molecule has 2 aromatic carbocycles. The van der Waals surface area contributed by atoms with Gasteiger partial charge in [-0.15, -0.1) is 0 Å². The number of sulfonamides is 1. The Morgan fingerprint density at radius 2 is 1.54 bits per heavy atom. The van der Waals surface area contributed by atoms with Crippen LogP contribution in [0.2, 0.25) is 5.02 Å². The van der Waals surface area contributed by atoms with Crippen LogP contribution < -0.4 is 0 Å². The third kappa shape index (κ3) is 3.44. The van der Waals surface area contributed by atoms with Gasteiger partial charge in [-0.3, -0.25) is 4.79 Å². The molecule has 1 saturated heterocycles. The van der Waals surface area contributed by atoms with E-state index in [2.05, 4.69) is 0 Å². The minimum Gasteiger partial charge on any atom is -0.336 e. The Kier molecular flexibility index (Phi) is 5.27. The first-order chi connectivity index (χ1) is 12.3. The number of amides is 1. The molecule has 0 radical (unpaired) electrons. The predicted molar refractivity (Wildman–Crippen MR) is 92.5 cm³/mol. The zero-order chi connectivity index (χ0) is 18.9. The lowest BCUT2D eigenvalue weighted by molar-refractivity contribution is 0.0693. The van der Waals surface area contributed by atoms with E-state index in [-0.39, 0.29) is 36.8 Å².